The van der Waals surface area contributed by atoms with Gasteiger partial charge >= 0.3 is 6.09 Å². The Labute approximate surface area is 169 Å². The summed E-state index contributed by atoms with van der Waals surface area (Å²) in [4.78, 5) is 16.2. The lowest BCUT2D eigenvalue weighted by atomic mass is 9.75. The van der Waals surface area contributed by atoms with Crippen LogP contribution in [0.1, 0.15) is 52.5 Å². The second-order valence-corrected chi connectivity index (χ2v) is 9.19. The van der Waals surface area contributed by atoms with Crippen molar-refractivity contribution in [3.8, 4) is 5.75 Å². The number of benzene rings is 1. The number of ether oxygens (including phenoxy) is 1. The van der Waals surface area contributed by atoms with Crippen molar-refractivity contribution in [3.63, 3.8) is 0 Å². The summed E-state index contributed by atoms with van der Waals surface area (Å²) >= 11 is 0. The first-order chi connectivity index (χ1) is 13.3. The molecule has 0 aromatic heterocycles. The minimum Gasteiger partial charge on any atom is -0.492 e. The van der Waals surface area contributed by atoms with Crippen LogP contribution in [-0.2, 0) is 0 Å². The van der Waals surface area contributed by atoms with E-state index in [-0.39, 0.29) is 17.4 Å². The van der Waals surface area contributed by atoms with Gasteiger partial charge < -0.3 is 9.84 Å². The van der Waals surface area contributed by atoms with Gasteiger partial charge in [-0.1, -0.05) is 45.9 Å². The number of amides is 1. The zero-order chi connectivity index (χ0) is 20.3. The van der Waals surface area contributed by atoms with E-state index in [0.717, 1.165) is 43.1 Å². The smallest absolute Gasteiger partial charge is 0.412 e. The number of rotatable bonds is 5. The number of allylic oxidation sites excluding steroid dienone is 1. The molecule has 0 aliphatic carbocycles. The monoisotopic (exact) mass is 386 g/mol. The molecule has 0 bridgehead atoms. The third kappa shape index (κ3) is 4.69. The molecule has 154 valence electrons. The Morgan fingerprint density at radius 3 is 2.61 bits per heavy atom. The Bertz CT molecular complexity index is 717. The predicted molar refractivity (Wildman–Crippen MR) is 112 cm³/mol. The van der Waals surface area contributed by atoms with Gasteiger partial charge in [0.05, 0.1) is 5.70 Å². The van der Waals surface area contributed by atoms with Crippen LogP contribution in [-0.4, -0.2) is 53.3 Å². The molecule has 0 radical (unpaired) electrons. The van der Waals surface area contributed by atoms with E-state index in [1.54, 1.807) is 4.90 Å². The Kier molecular flexibility index (Phi) is 6.33. The van der Waals surface area contributed by atoms with Gasteiger partial charge in [-0.3, -0.25) is 9.80 Å². The molecule has 0 spiro atoms. The Morgan fingerprint density at radius 1 is 1.25 bits per heavy atom. The lowest BCUT2D eigenvalue weighted by Gasteiger charge is -2.45. The summed E-state index contributed by atoms with van der Waals surface area (Å²) in [6, 6.07) is 7.79. The van der Waals surface area contributed by atoms with Crippen LogP contribution in [0.2, 0.25) is 0 Å². The van der Waals surface area contributed by atoms with Crippen molar-refractivity contribution in [2.24, 2.45) is 11.3 Å². The Hall–Kier alpha value is -2.01. The van der Waals surface area contributed by atoms with Gasteiger partial charge in [0, 0.05) is 18.2 Å². The van der Waals surface area contributed by atoms with Crippen LogP contribution >= 0.6 is 0 Å². The number of carboxylic acid groups (broad SMARTS) is 1. The van der Waals surface area contributed by atoms with Crippen molar-refractivity contribution >= 4 is 11.8 Å². The zero-order valence-electron chi connectivity index (χ0n) is 17.6. The van der Waals surface area contributed by atoms with E-state index in [2.05, 4.69) is 38.7 Å². The lowest BCUT2D eigenvalue weighted by Crippen LogP contribution is -2.51. The average molecular weight is 387 g/mol. The fourth-order valence-corrected chi connectivity index (χ4v) is 4.69. The summed E-state index contributed by atoms with van der Waals surface area (Å²) in [6.45, 7) is 12.4. The highest BCUT2D eigenvalue weighted by Gasteiger charge is 2.41. The van der Waals surface area contributed by atoms with Gasteiger partial charge in [0.1, 0.15) is 12.4 Å². The molecule has 2 atom stereocenters. The summed E-state index contributed by atoms with van der Waals surface area (Å²) in [5.74, 6) is 1.08. The quantitative estimate of drug-likeness (QED) is 0.779. The average Bonchev–Trinajstić information content (AvgIpc) is 3.14. The van der Waals surface area contributed by atoms with E-state index in [1.807, 2.05) is 24.3 Å². The molecule has 0 saturated carbocycles. The molecule has 5 nitrogen and oxygen atoms in total. The maximum Gasteiger partial charge on any atom is 0.412 e. The molecule has 1 aromatic rings. The molecule has 1 unspecified atom stereocenters. The summed E-state index contributed by atoms with van der Waals surface area (Å²) in [5, 5.41) is 10.0. The van der Waals surface area contributed by atoms with Crippen molar-refractivity contribution in [2.45, 2.75) is 53.0 Å². The number of hydrogen-bond acceptors (Lipinski definition) is 3. The number of nitrogens with zero attached hydrogens (tertiary/aromatic N) is 2. The highest BCUT2D eigenvalue weighted by Crippen LogP contribution is 2.41. The van der Waals surface area contributed by atoms with E-state index in [9.17, 15) is 9.90 Å². The van der Waals surface area contributed by atoms with Crippen LogP contribution in [0.3, 0.4) is 0 Å². The minimum atomic E-state index is -0.891. The van der Waals surface area contributed by atoms with Crippen LogP contribution < -0.4 is 4.74 Å². The molecule has 3 rings (SSSR count). The van der Waals surface area contributed by atoms with Crippen molar-refractivity contribution in [1.82, 2.24) is 9.80 Å². The molecule has 1 N–H and O–H groups in total. The molecule has 1 fully saturated rings. The van der Waals surface area contributed by atoms with Crippen LogP contribution in [0.4, 0.5) is 4.79 Å². The first-order valence-electron chi connectivity index (χ1n) is 10.5. The van der Waals surface area contributed by atoms with Crippen molar-refractivity contribution < 1.29 is 14.6 Å². The third-order valence-electron chi connectivity index (χ3n) is 5.86. The van der Waals surface area contributed by atoms with Crippen LogP contribution in [0.5, 0.6) is 5.75 Å². The van der Waals surface area contributed by atoms with Crippen LogP contribution in [0, 0.1) is 11.3 Å². The minimum absolute atomic E-state index is 0.0651. The standard InChI is InChI=1S/C23H34N2O3/c1-17-10-11-20(25(22(26)27)21(17)23(2,3)4)18-8-7-9-19(16-18)28-15-14-24-12-5-6-13-24/h7-9,11,16-17,21H,5-6,10,12-15H2,1-4H3,(H,26,27)/t17-,21?/m0/s1. The van der Waals surface area contributed by atoms with Crippen LogP contribution in [0.25, 0.3) is 5.70 Å². The molecule has 5 heteroatoms. The fourth-order valence-electron chi connectivity index (χ4n) is 4.69. The van der Waals surface area contributed by atoms with E-state index in [4.69, 9.17) is 4.74 Å². The van der Waals surface area contributed by atoms with Gasteiger partial charge in [-0.15, -0.1) is 0 Å². The predicted octanol–water partition coefficient (Wildman–Crippen LogP) is 4.94. The van der Waals surface area contributed by atoms with Crippen molar-refractivity contribution in [2.75, 3.05) is 26.2 Å². The summed E-state index contributed by atoms with van der Waals surface area (Å²) < 4.78 is 5.98. The second-order valence-electron chi connectivity index (χ2n) is 9.19. The van der Waals surface area contributed by atoms with E-state index in [1.165, 1.54) is 12.8 Å². The highest BCUT2D eigenvalue weighted by molar-refractivity contribution is 5.82. The number of hydrogen-bond donors (Lipinski definition) is 1. The maximum atomic E-state index is 12.2. The number of carbonyl (C=O) groups is 1. The van der Waals surface area contributed by atoms with Crippen molar-refractivity contribution in [3.05, 3.63) is 35.9 Å². The molecule has 1 aromatic carbocycles. The fraction of sp³-hybridized carbons (Fsp3) is 0.609. The SMILES string of the molecule is C[C@H]1CC=C(c2cccc(OCCN3CCCC3)c2)N(C(=O)O)C1C(C)(C)C. The molecule has 1 saturated heterocycles. The molecular weight excluding hydrogens is 352 g/mol. The second kappa shape index (κ2) is 8.56. The first kappa shape index (κ1) is 20.7. The normalized spacial score (nSPS) is 23.6. The Morgan fingerprint density at radius 2 is 1.96 bits per heavy atom. The molecule has 1 amide bonds. The maximum absolute atomic E-state index is 12.2. The molecule has 2 aliphatic rings. The summed E-state index contributed by atoms with van der Waals surface area (Å²) in [6.07, 6.45) is 4.60. The molecule has 2 heterocycles. The van der Waals surface area contributed by atoms with E-state index in [0.29, 0.717) is 6.61 Å². The van der Waals surface area contributed by atoms with Gasteiger partial charge in [-0.2, -0.15) is 0 Å². The van der Waals surface area contributed by atoms with Crippen molar-refractivity contribution in [1.29, 1.82) is 0 Å². The highest BCUT2D eigenvalue weighted by atomic mass is 16.5. The zero-order valence-corrected chi connectivity index (χ0v) is 17.6. The largest absolute Gasteiger partial charge is 0.492 e. The van der Waals surface area contributed by atoms with Gasteiger partial charge in [0.25, 0.3) is 0 Å². The summed E-state index contributed by atoms with van der Waals surface area (Å²) in [5.41, 5.74) is 1.54. The topological polar surface area (TPSA) is 53.0 Å². The molecule has 28 heavy (non-hydrogen) atoms. The van der Waals surface area contributed by atoms with E-state index < -0.39 is 6.09 Å². The van der Waals surface area contributed by atoms with Gasteiger partial charge in [-0.25, -0.2) is 4.79 Å². The molecular formula is C23H34N2O3. The van der Waals surface area contributed by atoms with E-state index >= 15 is 0 Å². The Balaban J connectivity index is 1.78. The third-order valence-corrected chi connectivity index (χ3v) is 5.86. The lowest BCUT2D eigenvalue weighted by molar-refractivity contribution is 0.0838. The number of likely N-dealkylation sites (tertiary alicyclic amines) is 1. The summed E-state index contributed by atoms with van der Waals surface area (Å²) in [7, 11) is 0. The van der Waals surface area contributed by atoms with Crippen LogP contribution in [0.15, 0.2) is 30.3 Å². The van der Waals surface area contributed by atoms with Gasteiger partial charge in [-0.05, 0) is 55.8 Å². The van der Waals surface area contributed by atoms with Gasteiger partial charge in [0.2, 0.25) is 0 Å². The van der Waals surface area contributed by atoms with Gasteiger partial charge in [0.15, 0.2) is 0 Å². The molecule has 2 aliphatic heterocycles. The first-order valence-corrected chi connectivity index (χ1v) is 10.5.